The standard InChI is InChI=1S/C13H19N5O2/c1-2-4-14-10-3-7-19-8-9(10)13-17-12(18-20-13)11-15-5-6-16-11/h5-6,9-10,14H,2-4,7-8H2,1H3,(H,15,16). The number of aromatic amines is 1. The monoisotopic (exact) mass is 277 g/mol. The molecule has 20 heavy (non-hydrogen) atoms. The summed E-state index contributed by atoms with van der Waals surface area (Å²) in [5, 5.41) is 7.52. The highest BCUT2D eigenvalue weighted by Gasteiger charge is 2.31. The second-order valence-electron chi connectivity index (χ2n) is 4.92. The number of nitrogens with zero attached hydrogens (tertiary/aromatic N) is 3. The van der Waals surface area contributed by atoms with Crippen molar-refractivity contribution in [3.05, 3.63) is 18.3 Å². The van der Waals surface area contributed by atoms with E-state index in [1.54, 1.807) is 12.4 Å². The van der Waals surface area contributed by atoms with Gasteiger partial charge in [-0.05, 0) is 19.4 Å². The maximum atomic E-state index is 5.56. The molecule has 0 radical (unpaired) electrons. The lowest BCUT2D eigenvalue weighted by molar-refractivity contribution is 0.0498. The van der Waals surface area contributed by atoms with Crippen LogP contribution < -0.4 is 5.32 Å². The van der Waals surface area contributed by atoms with Crippen molar-refractivity contribution in [2.24, 2.45) is 0 Å². The molecular weight excluding hydrogens is 258 g/mol. The van der Waals surface area contributed by atoms with Gasteiger partial charge in [0.25, 0.3) is 0 Å². The Morgan fingerprint density at radius 1 is 1.50 bits per heavy atom. The van der Waals surface area contributed by atoms with Crippen molar-refractivity contribution >= 4 is 0 Å². The Balaban J connectivity index is 1.76. The molecule has 0 saturated carbocycles. The smallest absolute Gasteiger partial charge is 0.238 e. The predicted octanol–water partition coefficient (Wildman–Crippen LogP) is 1.33. The van der Waals surface area contributed by atoms with Crippen LogP contribution in [0.5, 0.6) is 0 Å². The molecule has 7 heteroatoms. The van der Waals surface area contributed by atoms with Crippen molar-refractivity contribution in [2.75, 3.05) is 19.8 Å². The lowest BCUT2D eigenvalue weighted by Crippen LogP contribution is -2.41. The zero-order chi connectivity index (χ0) is 13.8. The van der Waals surface area contributed by atoms with Crippen molar-refractivity contribution in [2.45, 2.75) is 31.7 Å². The van der Waals surface area contributed by atoms with Crippen LogP contribution in [-0.2, 0) is 4.74 Å². The van der Waals surface area contributed by atoms with Crippen molar-refractivity contribution in [3.63, 3.8) is 0 Å². The van der Waals surface area contributed by atoms with Gasteiger partial charge >= 0.3 is 0 Å². The number of hydrogen-bond donors (Lipinski definition) is 2. The maximum absolute atomic E-state index is 5.56. The number of ether oxygens (including phenoxy) is 1. The summed E-state index contributed by atoms with van der Waals surface area (Å²) in [5.41, 5.74) is 0. The normalized spacial score (nSPS) is 23.1. The van der Waals surface area contributed by atoms with E-state index in [0.29, 0.717) is 30.2 Å². The molecule has 2 N–H and O–H groups in total. The zero-order valence-corrected chi connectivity index (χ0v) is 11.5. The molecule has 3 rings (SSSR count). The average Bonchev–Trinajstić information content (AvgIpc) is 3.15. The molecule has 2 aromatic rings. The third-order valence-corrected chi connectivity index (χ3v) is 3.48. The van der Waals surface area contributed by atoms with E-state index < -0.39 is 0 Å². The van der Waals surface area contributed by atoms with Gasteiger partial charge in [-0.25, -0.2) is 4.98 Å². The van der Waals surface area contributed by atoms with Crippen LogP contribution in [0.25, 0.3) is 11.6 Å². The first-order valence-electron chi connectivity index (χ1n) is 7.03. The first kappa shape index (κ1) is 13.3. The number of rotatable bonds is 5. The lowest BCUT2D eigenvalue weighted by Gasteiger charge is -2.29. The molecule has 0 aromatic carbocycles. The fourth-order valence-corrected chi connectivity index (χ4v) is 2.42. The number of nitrogens with one attached hydrogen (secondary N) is 2. The van der Waals surface area contributed by atoms with E-state index >= 15 is 0 Å². The quantitative estimate of drug-likeness (QED) is 0.857. The summed E-state index contributed by atoms with van der Waals surface area (Å²) in [6, 6.07) is 0.327. The van der Waals surface area contributed by atoms with E-state index in [4.69, 9.17) is 9.26 Å². The highest BCUT2D eigenvalue weighted by atomic mass is 16.5. The Hall–Kier alpha value is -1.73. The minimum Gasteiger partial charge on any atom is -0.381 e. The largest absolute Gasteiger partial charge is 0.381 e. The molecule has 0 spiro atoms. The number of aromatic nitrogens is 4. The van der Waals surface area contributed by atoms with Gasteiger partial charge in [0.2, 0.25) is 11.7 Å². The van der Waals surface area contributed by atoms with Gasteiger partial charge in [0, 0.05) is 25.0 Å². The summed E-state index contributed by atoms with van der Waals surface area (Å²) in [6.07, 6.45) is 5.47. The summed E-state index contributed by atoms with van der Waals surface area (Å²) in [5.74, 6) is 1.83. The number of H-pyrrole nitrogens is 1. The summed E-state index contributed by atoms with van der Waals surface area (Å²) < 4.78 is 11.0. The van der Waals surface area contributed by atoms with Gasteiger partial charge in [0.05, 0.1) is 12.5 Å². The number of hydrogen-bond acceptors (Lipinski definition) is 6. The second-order valence-corrected chi connectivity index (χ2v) is 4.92. The molecule has 7 nitrogen and oxygen atoms in total. The molecule has 0 aliphatic carbocycles. The first-order chi connectivity index (χ1) is 9.88. The van der Waals surface area contributed by atoms with Crippen LogP contribution in [0.2, 0.25) is 0 Å². The second kappa shape index (κ2) is 6.15. The van der Waals surface area contributed by atoms with E-state index in [2.05, 4.69) is 32.3 Å². The van der Waals surface area contributed by atoms with Crippen molar-refractivity contribution in [1.82, 2.24) is 25.4 Å². The Bertz CT molecular complexity index is 525. The van der Waals surface area contributed by atoms with Crippen LogP contribution in [-0.4, -0.2) is 45.9 Å². The summed E-state index contributed by atoms with van der Waals surface area (Å²) >= 11 is 0. The average molecular weight is 277 g/mol. The Morgan fingerprint density at radius 3 is 3.25 bits per heavy atom. The van der Waals surface area contributed by atoms with E-state index in [1.165, 1.54) is 0 Å². The topological polar surface area (TPSA) is 88.9 Å². The van der Waals surface area contributed by atoms with Gasteiger partial charge in [0.15, 0.2) is 5.82 Å². The summed E-state index contributed by atoms with van der Waals surface area (Å²) in [6.45, 7) is 4.53. The molecule has 1 aliphatic rings. The molecule has 2 atom stereocenters. The van der Waals surface area contributed by atoms with E-state index in [1.807, 2.05) is 0 Å². The van der Waals surface area contributed by atoms with Crippen LogP contribution >= 0.6 is 0 Å². The molecule has 0 amide bonds. The minimum absolute atomic E-state index is 0.103. The highest BCUT2D eigenvalue weighted by molar-refractivity contribution is 5.40. The van der Waals surface area contributed by atoms with Crippen LogP contribution in [0.15, 0.2) is 16.9 Å². The van der Waals surface area contributed by atoms with Gasteiger partial charge in [0.1, 0.15) is 0 Å². The van der Waals surface area contributed by atoms with Crippen LogP contribution in [0, 0.1) is 0 Å². The van der Waals surface area contributed by atoms with E-state index in [-0.39, 0.29) is 5.92 Å². The minimum atomic E-state index is 0.103. The highest BCUT2D eigenvalue weighted by Crippen LogP contribution is 2.26. The molecule has 2 unspecified atom stereocenters. The zero-order valence-electron chi connectivity index (χ0n) is 11.5. The van der Waals surface area contributed by atoms with Crippen LogP contribution in [0.4, 0.5) is 0 Å². The molecule has 1 fully saturated rings. The van der Waals surface area contributed by atoms with Crippen LogP contribution in [0.3, 0.4) is 0 Å². The number of imidazole rings is 1. The van der Waals surface area contributed by atoms with Gasteiger partial charge in [-0.1, -0.05) is 12.1 Å². The molecule has 0 bridgehead atoms. The fraction of sp³-hybridized carbons (Fsp3) is 0.615. The first-order valence-corrected chi connectivity index (χ1v) is 7.03. The van der Waals surface area contributed by atoms with Crippen molar-refractivity contribution in [3.8, 4) is 11.6 Å². The molecule has 1 aliphatic heterocycles. The summed E-state index contributed by atoms with van der Waals surface area (Å²) in [7, 11) is 0. The van der Waals surface area contributed by atoms with Crippen molar-refractivity contribution in [1.29, 1.82) is 0 Å². The molecule has 1 saturated heterocycles. The fourth-order valence-electron chi connectivity index (χ4n) is 2.42. The van der Waals surface area contributed by atoms with E-state index in [0.717, 1.165) is 26.0 Å². The van der Waals surface area contributed by atoms with Crippen molar-refractivity contribution < 1.29 is 9.26 Å². The van der Waals surface area contributed by atoms with Gasteiger partial charge in [-0.15, -0.1) is 0 Å². The Kier molecular flexibility index (Phi) is 4.08. The predicted molar refractivity (Wildman–Crippen MR) is 72.1 cm³/mol. The molecule has 2 aromatic heterocycles. The third kappa shape index (κ3) is 2.73. The third-order valence-electron chi connectivity index (χ3n) is 3.48. The Labute approximate surface area is 117 Å². The molecular formula is C13H19N5O2. The van der Waals surface area contributed by atoms with E-state index in [9.17, 15) is 0 Å². The van der Waals surface area contributed by atoms with Gasteiger partial charge in [-0.3, -0.25) is 0 Å². The molecule has 3 heterocycles. The Morgan fingerprint density at radius 2 is 2.45 bits per heavy atom. The van der Waals surface area contributed by atoms with Crippen LogP contribution in [0.1, 0.15) is 31.6 Å². The SMILES string of the molecule is CCCNC1CCOCC1c1nc(-c2ncc[nH]2)no1. The van der Waals surface area contributed by atoms with Gasteiger partial charge in [-0.2, -0.15) is 4.98 Å². The summed E-state index contributed by atoms with van der Waals surface area (Å²) in [4.78, 5) is 11.5. The lowest BCUT2D eigenvalue weighted by atomic mass is 9.95. The van der Waals surface area contributed by atoms with Gasteiger partial charge < -0.3 is 19.6 Å². The molecule has 108 valence electrons. The maximum Gasteiger partial charge on any atom is 0.238 e.